The zero-order chi connectivity index (χ0) is 29.1. The Kier molecular flexibility index (Phi) is 12.4. The van der Waals surface area contributed by atoms with Gasteiger partial charge in [-0.3, -0.25) is 4.79 Å². The maximum absolute atomic E-state index is 13.1. The first-order valence-corrected chi connectivity index (χ1v) is 15.6. The Labute approximate surface area is 238 Å². The molecule has 0 bridgehead atoms. The van der Waals surface area contributed by atoms with Crippen LogP contribution in [0.4, 0.5) is 4.79 Å². The van der Waals surface area contributed by atoms with Crippen LogP contribution in [0.15, 0.2) is 63.5 Å². The highest BCUT2D eigenvalue weighted by Gasteiger charge is 2.27. The number of ether oxygens (including phenoxy) is 1. The minimum Gasteiger partial charge on any atom is -0.497 e. The van der Waals surface area contributed by atoms with E-state index in [1.165, 1.54) is 31.9 Å². The van der Waals surface area contributed by atoms with Gasteiger partial charge in [-0.05, 0) is 74.2 Å². The Bertz CT molecular complexity index is 1250. The molecule has 3 rings (SSSR count). The van der Waals surface area contributed by atoms with Gasteiger partial charge in [-0.2, -0.15) is 4.31 Å². The summed E-state index contributed by atoms with van der Waals surface area (Å²) in [6.45, 7) is 6.67. The first kappa shape index (κ1) is 32.3. The van der Waals surface area contributed by atoms with Gasteiger partial charge in [0, 0.05) is 25.2 Å². The van der Waals surface area contributed by atoms with Gasteiger partial charge in [0.1, 0.15) is 9.96 Å². The topological polar surface area (TPSA) is 130 Å². The molecule has 1 aromatic carbocycles. The Hall–Kier alpha value is -2.93. The van der Waals surface area contributed by atoms with E-state index < -0.39 is 21.7 Å². The fourth-order valence-corrected chi connectivity index (χ4v) is 6.82. The summed E-state index contributed by atoms with van der Waals surface area (Å²) >= 11 is 2.56. The van der Waals surface area contributed by atoms with Gasteiger partial charge in [-0.15, -0.1) is 22.7 Å². The molecule has 0 saturated carbocycles. The molecular weight excluding hydrogens is 559 g/mol. The van der Waals surface area contributed by atoms with Crippen molar-refractivity contribution in [2.24, 2.45) is 5.73 Å². The smallest absolute Gasteiger partial charge is 0.407 e. The van der Waals surface area contributed by atoms with Gasteiger partial charge in [0.2, 0.25) is 0 Å². The number of sulfonamides is 1. The van der Waals surface area contributed by atoms with Crippen molar-refractivity contribution >= 4 is 44.7 Å². The molecule has 2 heterocycles. The van der Waals surface area contributed by atoms with Gasteiger partial charge in [-0.25, -0.2) is 13.2 Å². The average Bonchev–Trinajstić information content (AvgIpc) is 3.60. The SMILES string of the molecule is COc1ccc(CN(CCCCCN(C(=O)O)C(C)(C)C)S(=O)(=O)c2cccs2)cc1.NC(=O)c1cccs1. The summed E-state index contributed by atoms with van der Waals surface area (Å²) < 4.78 is 33.3. The van der Waals surface area contributed by atoms with Crippen LogP contribution in [-0.4, -0.2) is 60.5 Å². The van der Waals surface area contributed by atoms with Gasteiger partial charge in [0.15, 0.2) is 0 Å². The van der Waals surface area contributed by atoms with Crippen molar-refractivity contribution in [1.82, 2.24) is 9.21 Å². The first-order valence-electron chi connectivity index (χ1n) is 12.4. The number of carbonyl (C=O) groups excluding carboxylic acids is 1. The molecule has 12 heteroatoms. The normalized spacial score (nSPS) is 11.5. The van der Waals surface area contributed by atoms with Crippen LogP contribution in [0.5, 0.6) is 5.75 Å². The van der Waals surface area contributed by atoms with E-state index in [4.69, 9.17) is 10.5 Å². The van der Waals surface area contributed by atoms with Crippen molar-refractivity contribution in [3.63, 3.8) is 0 Å². The molecule has 0 aliphatic rings. The number of nitrogens with zero attached hydrogens (tertiary/aromatic N) is 2. The molecule has 9 nitrogen and oxygen atoms in total. The number of amides is 2. The van der Waals surface area contributed by atoms with Crippen LogP contribution in [-0.2, 0) is 16.6 Å². The molecule has 0 saturated heterocycles. The first-order chi connectivity index (χ1) is 18.4. The number of carbonyl (C=O) groups is 2. The molecule has 0 unspecified atom stereocenters. The Morgan fingerprint density at radius 2 is 1.56 bits per heavy atom. The number of rotatable bonds is 12. The number of hydrogen-bond acceptors (Lipinski definition) is 7. The van der Waals surface area contributed by atoms with E-state index in [2.05, 4.69) is 0 Å². The molecule has 39 heavy (non-hydrogen) atoms. The third kappa shape index (κ3) is 10.3. The number of unbranched alkanes of at least 4 members (excludes halogenated alkanes) is 2. The fraction of sp³-hybridized carbons (Fsp3) is 0.407. The zero-order valence-electron chi connectivity index (χ0n) is 22.7. The van der Waals surface area contributed by atoms with Crippen LogP contribution in [0.3, 0.4) is 0 Å². The van der Waals surface area contributed by atoms with Gasteiger partial charge < -0.3 is 20.5 Å². The standard InChI is InChI=1S/C22H32N2O5S2.C5H5NOS/c1-22(2,3)24(21(25)26)15-7-5-6-14-23(31(27,28)20-9-8-16-30-20)17-18-10-12-19(29-4)13-11-18;6-5(7)4-2-1-3-8-4/h8-13,16H,5-7,14-15,17H2,1-4H3,(H,25,26);1-3H,(H2,6,7). The molecule has 0 fully saturated rings. The van der Waals surface area contributed by atoms with Crippen LogP contribution in [0, 0.1) is 0 Å². The van der Waals surface area contributed by atoms with Crippen LogP contribution in [0.2, 0.25) is 0 Å². The number of methoxy groups -OCH3 is 1. The highest BCUT2D eigenvalue weighted by atomic mass is 32.2. The lowest BCUT2D eigenvalue weighted by Gasteiger charge is -2.33. The predicted molar refractivity (Wildman–Crippen MR) is 156 cm³/mol. The van der Waals surface area contributed by atoms with Gasteiger partial charge in [0.05, 0.1) is 12.0 Å². The minimum absolute atomic E-state index is 0.271. The summed E-state index contributed by atoms with van der Waals surface area (Å²) in [5.41, 5.74) is 5.35. The number of nitrogens with two attached hydrogens (primary N) is 1. The summed E-state index contributed by atoms with van der Waals surface area (Å²) in [4.78, 5) is 23.8. The summed E-state index contributed by atoms with van der Waals surface area (Å²) in [6, 6.07) is 14.2. The molecule has 0 aliphatic heterocycles. The van der Waals surface area contributed by atoms with Crippen LogP contribution >= 0.6 is 22.7 Å². The average molecular weight is 596 g/mol. The molecule has 3 aromatic rings. The minimum atomic E-state index is -3.60. The van der Waals surface area contributed by atoms with Crippen LogP contribution < -0.4 is 10.5 Å². The van der Waals surface area contributed by atoms with E-state index >= 15 is 0 Å². The second-order valence-corrected chi connectivity index (χ2v) is 13.7. The molecule has 0 spiro atoms. The van der Waals surface area contributed by atoms with Gasteiger partial charge >= 0.3 is 6.09 Å². The molecule has 2 amide bonds. The summed E-state index contributed by atoms with van der Waals surface area (Å²) in [7, 11) is -2.00. The molecule has 0 radical (unpaired) electrons. The van der Waals surface area contributed by atoms with Crippen molar-refractivity contribution in [3.8, 4) is 5.75 Å². The van der Waals surface area contributed by atoms with E-state index in [9.17, 15) is 23.1 Å². The molecule has 3 N–H and O–H groups in total. The predicted octanol–water partition coefficient (Wildman–Crippen LogP) is 5.74. The monoisotopic (exact) mass is 595 g/mol. The highest BCUT2D eigenvalue weighted by Crippen LogP contribution is 2.24. The molecule has 0 atom stereocenters. The number of hydrogen-bond donors (Lipinski definition) is 2. The summed E-state index contributed by atoms with van der Waals surface area (Å²) in [6.07, 6.45) is 1.13. The largest absolute Gasteiger partial charge is 0.497 e. The fourth-order valence-electron chi connectivity index (χ4n) is 3.63. The molecule has 2 aromatic heterocycles. The van der Waals surface area contributed by atoms with Crippen LogP contribution in [0.1, 0.15) is 55.3 Å². The van der Waals surface area contributed by atoms with Gasteiger partial charge in [-0.1, -0.05) is 30.7 Å². The zero-order valence-corrected chi connectivity index (χ0v) is 25.2. The molecular formula is C27H37N3O6S3. The van der Waals surface area contributed by atoms with Crippen molar-refractivity contribution < 1.29 is 27.9 Å². The lowest BCUT2D eigenvalue weighted by Crippen LogP contribution is -2.45. The van der Waals surface area contributed by atoms with Crippen molar-refractivity contribution in [3.05, 3.63) is 69.7 Å². The maximum atomic E-state index is 13.1. The molecule has 214 valence electrons. The molecule has 0 aliphatic carbocycles. The highest BCUT2D eigenvalue weighted by molar-refractivity contribution is 7.91. The van der Waals surface area contributed by atoms with E-state index in [0.717, 1.165) is 17.7 Å². The van der Waals surface area contributed by atoms with E-state index in [1.807, 2.05) is 50.4 Å². The van der Waals surface area contributed by atoms with E-state index in [-0.39, 0.29) is 12.5 Å². The van der Waals surface area contributed by atoms with Gasteiger partial charge in [0.25, 0.3) is 15.9 Å². The summed E-state index contributed by atoms with van der Waals surface area (Å²) in [5, 5.41) is 13.0. The number of primary amides is 1. The third-order valence-electron chi connectivity index (χ3n) is 5.70. The van der Waals surface area contributed by atoms with Crippen LogP contribution in [0.25, 0.3) is 0 Å². The summed E-state index contributed by atoms with van der Waals surface area (Å²) in [5.74, 6) is 0.373. The lowest BCUT2D eigenvalue weighted by molar-refractivity contribution is 0.0984. The quantitative estimate of drug-likeness (QED) is 0.257. The number of carboxylic acid groups (broad SMARTS) is 1. The Morgan fingerprint density at radius 3 is 2.03 bits per heavy atom. The second-order valence-electron chi connectivity index (χ2n) is 9.63. The number of benzene rings is 1. The number of thiophene rings is 2. The lowest BCUT2D eigenvalue weighted by atomic mass is 10.1. The van der Waals surface area contributed by atoms with Crippen molar-refractivity contribution in [2.45, 2.75) is 56.3 Å². The second kappa shape index (κ2) is 15.0. The Morgan fingerprint density at radius 1 is 0.949 bits per heavy atom. The van der Waals surface area contributed by atoms with Crippen molar-refractivity contribution in [1.29, 1.82) is 0 Å². The Balaban J connectivity index is 0.000000568. The third-order valence-corrected chi connectivity index (χ3v) is 9.80. The van der Waals surface area contributed by atoms with Crippen molar-refractivity contribution in [2.75, 3.05) is 20.2 Å². The van der Waals surface area contributed by atoms with E-state index in [0.29, 0.717) is 35.0 Å². The maximum Gasteiger partial charge on any atom is 0.407 e. The van der Waals surface area contributed by atoms with E-state index in [1.54, 1.807) is 36.8 Å².